The van der Waals surface area contributed by atoms with E-state index < -0.39 is 5.82 Å². The van der Waals surface area contributed by atoms with E-state index in [1.165, 1.54) is 6.07 Å². The van der Waals surface area contributed by atoms with Crippen molar-refractivity contribution in [2.24, 2.45) is 0 Å². The minimum atomic E-state index is -0.450. The number of hydrogen-bond donors (Lipinski definition) is 1. The summed E-state index contributed by atoms with van der Waals surface area (Å²) in [6, 6.07) is 9.95. The predicted molar refractivity (Wildman–Crippen MR) is 90.1 cm³/mol. The highest BCUT2D eigenvalue weighted by Gasteiger charge is 2.16. The van der Waals surface area contributed by atoms with Crippen molar-refractivity contribution in [2.75, 3.05) is 18.9 Å². The first-order valence-electron chi connectivity index (χ1n) is 7.25. The van der Waals surface area contributed by atoms with Crippen LogP contribution >= 0.6 is 11.6 Å². The largest absolute Gasteiger partial charge is 0.310 e. The fourth-order valence-corrected chi connectivity index (χ4v) is 2.37. The number of amides is 1. The van der Waals surface area contributed by atoms with Crippen LogP contribution in [0.15, 0.2) is 36.4 Å². The Morgan fingerprint density at radius 1 is 1.39 bits per heavy atom. The summed E-state index contributed by atoms with van der Waals surface area (Å²) in [5.74, 6) is -0.0833. The predicted octanol–water partition coefficient (Wildman–Crippen LogP) is 3.81. The van der Waals surface area contributed by atoms with Crippen molar-refractivity contribution >= 4 is 23.3 Å². The topological polar surface area (TPSA) is 45.2 Å². The molecule has 23 heavy (non-hydrogen) atoms. The molecule has 0 aliphatic rings. The number of aryl methyl sites for hydroxylation is 1. The van der Waals surface area contributed by atoms with E-state index >= 15 is 0 Å². The zero-order valence-electron chi connectivity index (χ0n) is 13.3. The zero-order valence-corrected chi connectivity index (χ0v) is 14.1. The summed E-state index contributed by atoms with van der Waals surface area (Å²) in [7, 11) is 1.82. The zero-order chi connectivity index (χ0) is 17.0. The molecule has 0 aliphatic heterocycles. The molecule has 4 nitrogen and oxygen atoms in total. The van der Waals surface area contributed by atoms with Crippen molar-refractivity contribution in [3.63, 3.8) is 0 Å². The number of nitrogens with zero attached hydrogens (tertiary/aromatic N) is 2. The number of carbonyl (C=O) groups is 1. The molecule has 1 heterocycles. The van der Waals surface area contributed by atoms with Crippen LogP contribution in [0.25, 0.3) is 0 Å². The Morgan fingerprint density at radius 3 is 2.78 bits per heavy atom. The molecule has 0 fully saturated rings. The van der Waals surface area contributed by atoms with Gasteiger partial charge >= 0.3 is 0 Å². The Kier molecular flexibility index (Phi) is 5.69. The minimum Gasteiger partial charge on any atom is -0.310 e. The highest BCUT2D eigenvalue weighted by molar-refractivity contribution is 6.30. The van der Waals surface area contributed by atoms with Gasteiger partial charge in [0, 0.05) is 11.7 Å². The summed E-state index contributed by atoms with van der Waals surface area (Å²) in [4.78, 5) is 18.2. The summed E-state index contributed by atoms with van der Waals surface area (Å²) in [6.07, 6.45) is 0. The molecule has 0 saturated carbocycles. The smallest absolute Gasteiger partial charge is 0.239 e. The lowest BCUT2D eigenvalue weighted by Gasteiger charge is -2.24. The average Bonchev–Trinajstić information content (AvgIpc) is 2.49. The molecule has 0 radical (unpaired) electrons. The van der Waals surface area contributed by atoms with Gasteiger partial charge in [0.1, 0.15) is 11.6 Å². The van der Waals surface area contributed by atoms with Gasteiger partial charge in [-0.2, -0.15) is 0 Å². The van der Waals surface area contributed by atoms with Crippen LogP contribution in [0.2, 0.25) is 5.02 Å². The van der Waals surface area contributed by atoms with Gasteiger partial charge in [-0.05, 0) is 50.7 Å². The van der Waals surface area contributed by atoms with Gasteiger partial charge in [-0.25, -0.2) is 9.37 Å². The standard InChI is InChI=1S/C17H19ClFN3O/c1-11-5-4-6-16(20-11)21-17(23)10-22(3)12(2)13-7-8-15(19)14(18)9-13/h4-9,12H,10H2,1-3H3,(H,20,21,23). The van der Waals surface area contributed by atoms with Gasteiger partial charge < -0.3 is 5.32 Å². The first kappa shape index (κ1) is 17.4. The molecule has 122 valence electrons. The number of halogens is 2. The van der Waals surface area contributed by atoms with Crippen LogP contribution < -0.4 is 5.32 Å². The number of pyridine rings is 1. The molecule has 2 rings (SSSR count). The van der Waals surface area contributed by atoms with Gasteiger partial charge in [0.2, 0.25) is 5.91 Å². The molecule has 0 spiro atoms. The van der Waals surface area contributed by atoms with Crippen LogP contribution in [-0.4, -0.2) is 29.4 Å². The van der Waals surface area contributed by atoms with Gasteiger partial charge in [-0.3, -0.25) is 9.69 Å². The lowest BCUT2D eigenvalue weighted by atomic mass is 10.1. The highest BCUT2D eigenvalue weighted by atomic mass is 35.5. The van der Waals surface area contributed by atoms with E-state index in [-0.39, 0.29) is 23.5 Å². The van der Waals surface area contributed by atoms with Gasteiger partial charge in [0.15, 0.2) is 0 Å². The summed E-state index contributed by atoms with van der Waals surface area (Å²) in [6.45, 7) is 3.98. The third kappa shape index (κ3) is 4.74. The molecule has 0 bridgehead atoms. The SMILES string of the molecule is Cc1cccc(NC(=O)CN(C)C(C)c2ccc(F)c(Cl)c2)n1. The van der Waals surface area contributed by atoms with Crippen LogP contribution in [-0.2, 0) is 4.79 Å². The Balaban J connectivity index is 1.98. The summed E-state index contributed by atoms with van der Waals surface area (Å²) in [5, 5.41) is 2.84. The minimum absolute atomic E-state index is 0.0793. The molecule has 1 aromatic heterocycles. The molecule has 2 aromatic rings. The first-order valence-corrected chi connectivity index (χ1v) is 7.63. The quantitative estimate of drug-likeness (QED) is 0.903. The molecule has 6 heteroatoms. The van der Waals surface area contributed by atoms with Crippen molar-refractivity contribution in [3.8, 4) is 0 Å². The van der Waals surface area contributed by atoms with Crippen molar-refractivity contribution < 1.29 is 9.18 Å². The van der Waals surface area contributed by atoms with Crippen LogP contribution in [0.1, 0.15) is 24.2 Å². The Hall–Kier alpha value is -1.98. The van der Waals surface area contributed by atoms with Crippen molar-refractivity contribution in [3.05, 3.63) is 58.5 Å². The van der Waals surface area contributed by atoms with E-state index in [0.717, 1.165) is 11.3 Å². The fourth-order valence-electron chi connectivity index (χ4n) is 2.19. The van der Waals surface area contributed by atoms with Crippen molar-refractivity contribution in [1.82, 2.24) is 9.88 Å². The average molecular weight is 336 g/mol. The van der Waals surface area contributed by atoms with Crippen LogP contribution in [0, 0.1) is 12.7 Å². The normalized spacial score (nSPS) is 12.3. The Morgan fingerprint density at radius 2 is 2.13 bits per heavy atom. The van der Waals surface area contributed by atoms with Gasteiger partial charge in [-0.1, -0.05) is 23.7 Å². The van der Waals surface area contributed by atoms with Crippen molar-refractivity contribution in [1.29, 1.82) is 0 Å². The summed E-state index contributed by atoms with van der Waals surface area (Å²) < 4.78 is 13.2. The lowest BCUT2D eigenvalue weighted by molar-refractivity contribution is -0.117. The van der Waals surface area contributed by atoms with E-state index in [9.17, 15) is 9.18 Å². The van der Waals surface area contributed by atoms with Gasteiger partial charge in [-0.15, -0.1) is 0 Å². The molecule has 1 N–H and O–H groups in total. The highest BCUT2D eigenvalue weighted by Crippen LogP contribution is 2.23. The number of nitrogens with one attached hydrogen (secondary N) is 1. The second kappa shape index (κ2) is 7.53. The second-order valence-corrected chi connectivity index (χ2v) is 5.88. The van der Waals surface area contributed by atoms with E-state index in [4.69, 9.17) is 11.6 Å². The number of carbonyl (C=O) groups excluding carboxylic acids is 1. The first-order chi connectivity index (χ1) is 10.9. The third-order valence-electron chi connectivity index (χ3n) is 3.64. The van der Waals surface area contributed by atoms with Crippen LogP contribution in [0.3, 0.4) is 0 Å². The summed E-state index contributed by atoms with van der Waals surface area (Å²) in [5.41, 5.74) is 1.69. The number of aromatic nitrogens is 1. The molecule has 1 atom stereocenters. The van der Waals surface area contributed by atoms with Crippen LogP contribution in [0.5, 0.6) is 0 Å². The number of anilines is 1. The monoisotopic (exact) mass is 335 g/mol. The number of benzene rings is 1. The van der Waals surface area contributed by atoms with E-state index in [0.29, 0.717) is 5.82 Å². The maximum Gasteiger partial charge on any atom is 0.239 e. The molecule has 1 unspecified atom stereocenters. The second-order valence-electron chi connectivity index (χ2n) is 5.48. The number of hydrogen-bond acceptors (Lipinski definition) is 3. The van der Waals surface area contributed by atoms with E-state index in [2.05, 4.69) is 10.3 Å². The van der Waals surface area contributed by atoms with E-state index in [1.54, 1.807) is 18.2 Å². The maximum absolute atomic E-state index is 13.2. The lowest BCUT2D eigenvalue weighted by Crippen LogP contribution is -2.32. The number of likely N-dealkylation sites (N-methyl/N-ethyl adjacent to an activating group) is 1. The summed E-state index contributed by atoms with van der Waals surface area (Å²) >= 11 is 5.81. The van der Waals surface area contributed by atoms with Gasteiger partial charge in [0.25, 0.3) is 0 Å². The Labute approximate surface area is 140 Å². The van der Waals surface area contributed by atoms with E-state index in [1.807, 2.05) is 37.9 Å². The number of rotatable bonds is 5. The molecule has 1 aromatic carbocycles. The maximum atomic E-state index is 13.2. The van der Waals surface area contributed by atoms with Gasteiger partial charge in [0.05, 0.1) is 11.6 Å². The molecular formula is C17H19ClFN3O. The molecule has 0 saturated heterocycles. The molecule has 0 aliphatic carbocycles. The fraction of sp³-hybridized carbons (Fsp3) is 0.294. The third-order valence-corrected chi connectivity index (χ3v) is 3.93. The van der Waals surface area contributed by atoms with Crippen LogP contribution in [0.4, 0.5) is 10.2 Å². The Bertz CT molecular complexity index is 708. The molecular weight excluding hydrogens is 317 g/mol. The molecule has 1 amide bonds. The van der Waals surface area contributed by atoms with Crippen molar-refractivity contribution in [2.45, 2.75) is 19.9 Å².